The number of carbonyl (C=O) groups is 1. The predicted octanol–water partition coefficient (Wildman–Crippen LogP) is 9.84. The fourth-order valence-corrected chi connectivity index (χ4v) is 6.71. The highest BCUT2D eigenvalue weighted by molar-refractivity contribution is 6.69. The summed E-state index contributed by atoms with van der Waals surface area (Å²) < 4.78 is 0. The van der Waals surface area contributed by atoms with Crippen molar-refractivity contribution in [3.63, 3.8) is 0 Å². The van der Waals surface area contributed by atoms with Gasteiger partial charge in [0.2, 0.25) is 0 Å². The molecule has 2 aliphatic heterocycles. The van der Waals surface area contributed by atoms with Gasteiger partial charge in [-0.25, -0.2) is 10.0 Å². The maximum Gasteiger partial charge on any atom is 0.294 e. The fraction of sp³-hybridized carbons (Fsp3) is 0.750. The number of unbranched alkanes of at least 4 members (excludes halogenated alkanes) is 2. The van der Waals surface area contributed by atoms with Crippen LogP contribution in [0.3, 0.4) is 0 Å². The smallest absolute Gasteiger partial charge is 0.294 e. The van der Waals surface area contributed by atoms with E-state index in [2.05, 4.69) is 93.2 Å². The van der Waals surface area contributed by atoms with Crippen LogP contribution < -0.4 is 4.90 Å². The molecule has 2 heterocycles. The number of aliphatic imine (C=N–C) groups is 1. The van der Waals surface area contributed by atoms with Crippen LogP contribution >= 0.6 is 0 Å². The van der Waals surface area contributed by atoms with Gasteiger partial charge in [-0.15, -0.1) is 0 Å². The van der Waals surface area contributed by atoms with E-state index < -0.39 is 0 Å². The first kappa shape index (κ1) is 33.3. The Morgan fingerprint density at radius 1 is 1.00 bits per heavy atom. The van der Waals surface area contributed by atoms with Crippen LogP contribution in [0.15, 0.2) is 22.2 Å². The normalized spacial score (nSPS) is 21.3. The molecule has 0 spiro atoms. The molecular weight excluding hydrogens is 504 g/mol. The van der Waals surface area contributed by atoms with Crippen LogP contribution in [0.25, 0.3) is 0 Å². The molecular formula is C36H60N4O. The lowest BCUT2D eigenvalue weighted by Crippen LogP contribution is -2.50. The van der Waals surface area contributed by atoms with E-state index in [1.807, 2.05) is 0 Å². The summed E-state index contributed by atoms with van der Waals surface area (Å²) in [5.41, 5.74) is 5.93. The molecule has 1 amide bonds. The van der Waals surface area contributed by atoms with E-state index in [1.165, 1.54) is 49.8 Å². The maximum absolute atomic E-state index is 13.8. The highest BCUT2D eigenvalue weighted by Gasteiger charge is 2.40. The molecule has 0 bridgehead atoms. The first-order chi connectivity index (χ1) is 19.3. The van der Waals surface area contributed by atoms with E-state index in [0.717, 1.165) is 42.8 Å². The molecule has 0 saturated carbocycles. The van der Waals surface area contributed by atoms with E-state index in [1.54, 1.807) is 5.01 Å². The summed E-state index contributed by atoms with van der Waals surface area (Å²) in [5, 5.41) is 6.62. The lowest BCUT2D eigenvalue weighted by Gasteiger charge is -2.49. The fourth-order valence-electron chi connectivity index (χ4n) is 6.71. The van der Waals surface area contributed by atoms with E-state index in [9.17, 15) is 4.79 Å². The van der Waals surface area contributed by atoms with Gasteiger partial charge >= 0.3 is 0 Å². The SMILES string of the molecule is CCCCC(CC)CN1N=C(C(C)(C)C)C(=Nc2cc3c(cc2C)N(CC(CC)CCCC)C(C)(C)CC3C)C1=O. The van der Waals surface area contributed by atoms with Crippen LogP contribution in [0.2, 0.25) is 0 Å². The molecule has 0 aromatic heterocycles. The molecule has 1 aromatic carbocycles. The summed E-state index contributed by atoms with van der Waals surface area (Å²) in [6.07, 6.45) is 10.7. The first-order valence-electron chi connectivity index (χ1n) is 16.7. The van der Waals surface area contributed by atoms with Crippen LogP contribution in [0, 0.1) is 24.2 Å². The number of hydrogen-bond donors (Lipinski definition) is 0. The van der Waals surface area contributed by atoms with Gasteiger partial charge in [0.15, 0.2) is 5.71 Å². The number of hydrogen-bond acceptors (Lipinski definition) is 4. The second-order valence-corrected chi connectivity index (χ2v) is 14.6. The van der Waals surface area contributed by atoms with Crippen molar-refractivity contribution in [2.24, 2.45) is 27.3 Å². The standard InChI is InChI=1S/C36H60N4O/c1-12-16-18-27(14-3)23-39-31-20-25(5)30(21-29(31)26(6)22-36(39,10)11)37-32-33(35(7,8)9)38-40(34(32)41)24-28(15-4)19-17-13-2/h20-21,26-28H,12-19,22-24H2,1-11H3. The molecule has 0 radical (unpaired) electrons. The monoisotopic (exact) mass is 564 g/mol. The van der Waals surface area contributed by atoms with E-state index >= 15 is 0 Å². The van der Waals surface area contributed by atoms with Crippen LogP contribution in [-0.4, -0.2) is 41.0 Å². The van der Waals surface area contributed by atoms with Crippen molar-refractivity contribution >= 4 is 28.7 Å². The van der Waals surface area contributed by atoms with Crippen molar-refractivity contribution in [2.45, 2.75) is 145 Å². The predicted molar refractivity (Wildman–Crippen MR) is 178 cm³/mol. The van der Waals surface area contributed by atoms with Crippen LogP contribution in [0.4, 0.5) is 11.4 Å². The molecule has 230 valence electrons. The third kappa shape index (κ3) is 7.82. The molecule has 1 aromatic rings. The van der Waals surface area contributed by atoms with Gasteiger partial charge in [0, 0.05) is 29.7 Å². The third-order valence-corrected chi connectivity index (χ3v) is 9.49. The second kappa shape index (κ2) is 13.9. The Hall–Kier alpha value is -2.17. The summed E-state index contributed by atoms with van der Waals surface area (Å²) in [5.74, 6) is 1.56. The molecule has 2 aliphatic rings. The largest absolute Gasteiger partial charge is 0.366 e. The summed E-state index contributed by atoms with van der Waals surface area (Å²) in [4.78, 5) is 21.6. The molecule has 3 atom stereocenters. The minimum atomic E-state index is -0.266. The van der Waals surface area contributed by atoms with Gasteiger partial charge in [0.05, 0.1) is 11.4 Å². The number of nitrogens with zero attached hydrogens (tertiary/aromatic N) is 4. The topological polar surface area (TPSA) is 48.3 Å². The van der Waals surface area contributed by atoms with Crippen molar-refractivity contribution < 1.29 is 4.79 Å². The van der Waals surface area contributed by atoms with Crippen LogP contribution in [0.5, 0.6) is 0 Å². The Morgan fingerprint density at radius 2 is 1.59 bits per heavy atom. The summed E-state index contributed by atoms with van der Waals surface area (Å²) in [6, 6.07) is 4.63. The number of anilines is 1. The molecule has 0 N–H and O–H groups in total. The molecule has 5 nitrogen and oxygen atoms in total. The van der Waals surface area contributed by atoms with Crippen molar-refractivity contribution in [3.8, 4) is 0 Å². The minimum absolute atomic E-state index is 0.0421. The highest BCUT2D eigenvalue weighted by atomic mass is 16.2. The van der Waals surface area contributed by atoms with Crippen molar-refractivity contribution in [1.29, 1.82) is 0 Å². The van der Waals surface area contributed by atoms with Crippen molar-refractivity contribution in [3.05, 3.63) is 23.3 Å². The average Bonchev–Trinajstić information content (AvgIpc) is 3.21. The Kier molecular flexibility index (Phi) is 11.3. The van der Waals surface area contributed by atoms with E-state index in [0.29, 0.717) is 30.0 Å². The molecule has 0 saturated heterocycles. The number of benzene rings is 1. The molecule has 41 heavy (non-hydrogen) atoms. The third-order valence-electron chi connectivity index (χ3n) is 9.49. The number of hydrazone groups is 1. The number of carbonyl (C=O) groups excluding carboxylic acids is 1. The van der Waals surface area contributed by atoms with Crippen molar-refractivity contribution in [2.75, 3.05) is 18.0 Å². The molecule has 5 heteroatoms. The number of fused-ring (bicyclic) bond motifs is 1. The van der Waals surface area contributed by atoms with Gasteiger partial charge in [-0.05, 0) is 81.0 Å². The summed E-state index contributed by atoms with van der Waals surface area (Å²) in [7, 11) is 0. The number of amides is 1. The number of aryl methyl sites for hydroxylation is 1. The van der Waals surface area contributed by atoms with Gasteiger partial charge in [-0.1, -0.05) is 93.9 Å². The van der Waals surface area contributed by atoms with Crippen molar-refractivity contribution in [1.82, 2.24) is 5.01 Å². The van der Waals surface area contributed by atoms with Gasteiger partial charge in [0.25, 0.3) is 5.91 Å². The molecule has 0 fully saturated rings. The van der Waals surface area contributed by atoms with E-state index in [4.69, 9.17) is 10.1 Å². The Bertz CT molecular complexity index is 1110. The molecule has 3 rings (SSSR count). The van der Waals surface area contributed by atoms with Gasteiger partial charge in [-0.3, -0.25) is 4.79 Å². The highest BCUT2D eigenvalue weighted by Crippen LogP contribution is 2.46. The Labute approximate surface area is 252 Å². The van der Waals surface area contributed by atoms with E-state index in [-0.39, 0.29) is 16.9 Å². The Balaban J connectivity index is 2.01. The molecule has 0 aliphatic carbocycles. The van der Waals surface area contributed by atoms with Gasteiger partial charge in [0.1, 0.15) is 0 Å². The number of rotatable bonds is 13. The lowest BCUT2D eigenvalue weighted by atomic mass is 9.78. The summed E-state index contributed by atoms with van der Waals surface area (Å²) >= 11 is 0. The Morgan fingerprint density at radius 3 is 2.12 bits per heavy atom. The van der Waals surface area contributed by atoms with Crippen LogP contribution in [0.1, 0.15) is 144 Å². The zero-order chi connectivity index (χ0) is 30.5. The van der Waals surface area contributed by atoms with Gasteiger partial charge < -0.3 is 4.90 Å². The van der Waals surface area contributed by atoms with Crippen LogP contribution in [-0.2, 0) is 4.79 Å². The zero-order valence-corrected chi connectivity index (χ0v) is 28.4. The second-order valence-electron chi connectivity index (χ2n) is 14.6. The quantitative estimate of drug-likeness (QED) is 0.239. The average molecular weight is 565 g/mol. The first-order valence-corrected chi connectivity index (χ1v) is 16.7. The van der Waals surface area contributed by atoms with Gasteiger partial charge in [-0.2, -0.15) is 5.10 Å². The minimum Gasteiger partial charge on any atom is -0.366 e. The zero-order valence-electron chi connectivity index (χ0n) is 28.4. The maximum atomic E-state index is 13.8. The molecule has 3 unspecified atom stereocenters. The lowest BCUT2D eigenvalue weighted by molar-refractivity contribution is -0.124. The summed E-state index contributed by atoms with van der Waals surface area (Å²) in [6.45, 7) is 26.6.